The molecule has 3 aromatic heterocycles. The lowest BCUT2D eigenvalue weighted by molar-refractivity contribution is 0.104. The highest BCUT2D eigenvalue weighted by atomic mass is 35.5. The zero-order valence-corrected chi connectivity index (χ0v) is 12.2. The summed E-state index contributed by atoms with van der Waals surface area (Å²) < 4.78 is 3.26. The molecule has 0 saturated heterocycles. The van der Waals surface area contributed by atoms with Crippen molar-refractivity contribution in [3.8, 4) is 0 Å². The van der Waals surface area contributed by atoms with Crippen molar-refractivity contribution >= 4 is 72.4 Å². The van der Waals surface area contributed by atoms with Crippen LogP contribution in [0.15, 0.2) is 23.6 Å². The van der Waals surface area contributed by atoms with Crippen molar-refractivity contribution in [2.24, 2.45) is 0 Å². The monoisotopic (exact) mass is 318 g/mol. The first-order valence-corrected chi connectivity index (χ1v) is 7.88. The number of thiophene rings is 3. The summed E-state index contributed by atoms with van der Waals surface area (Å²) in [6.07, 6.45) is 0. The second kappa shape index (κ2) is 4.37. The van der Waals surface area contributed by atoms with Gasteiger partial charge in [0, 0.05) is 9.40 Å². The summed E-state index contributed by atoms with van der Waals surface area (Å²) in [4.78, 5) is 12.9. The van der Waals surface area contributed by atoms with Crippen LogP contribution in [-0.4, -0.2) is 5.78 Å². The molecular formula is C11H4Cl2OS3. The summed E-state index contributed by atoms with van der Waals surface area (Å²) in [5.74, 6) is -0.0495. The van der Waals surface area contributed by atoms with Gasteiger partial charge >= 0.3 is 0 Å². The van der Waals surface area contributed by atoms with Gasteiger partial charge in [-0.2, -0.15) is 0 Å². The molecule has 0 aliphatic rings. The molecule has 0 unspecified atom stereocenters. The molecule has 17 heavy (non-hydrogen) atoms. The van der Waals surface area contributed by atoms with Crippen LogP contribution in [0.3, 0.4) is 0 Å². The Labute approximate surface area is 119 Å². The van der Waals surface area contributed by atoms with Gasteiger partial charge in [-0.05, 0) is 23.6 Å². The van der Waals surface area contributed by atoms with E-state index in [-0.39, 0.29) is 5.78 Å². The van der Waals surface area contributed by atoms with Crippen LogP contribution in [0.1, 0.15) is 15.2 Å². The molecule has 1 nitrogen and oxygen atoms in total. The van der Waals surface area contributed by atoms with Crippen molar-refractivity contribution in [3.05, 3.63) is 42.7 Å². The number of carbonyl (C=O) groups excluding carboxylic acids is 1. The predicted octanol–water partition coefficient (Wildman–Crippen LogP) is 5.56. The van der Waals surface area contributed by atoms with Gasteiger partial charge < -0.3 is 0 Å². The first kappa shape index (κ1) is 11.7. The number of carbonyl (C=O) groups is 1. The Morgan fingerprint density at radius 1 is 1.12 bits per heavy atom. The number of fused-ring (bicyclic) bond motifs is 1. The molecule has 0 aliphatic carbocycles. The van der Waals surface area contributed by atoms with Crippen LogP contribution in [0.5, 0.6) is 0 Å². The highest BCUT2D eigenvalue weighted by molar-refractivity contribution is 7.28. The number of hydrogen-bond acceptors (Lipinski definition) is 4. The SMILES string of the molecule is O=C(c1cc2sccc2s1)c1cc(Cl)sc1Cl. The first-order chi connectivity index (χ1) is 8.15. The summed E-state index contributed by atoms with van der Waals surface area (Å²) in [5, 5.41) is 2.02. The van der Waals surface area contributed by atoms with Crippen LogP contribution in [0.25, 0.3) is 9.40 Å². The zero-order chi connectivity index (χ0) is 12.0. The smallest absolute Gasteiger partial charge is 0.205 e. The van der Waals surface area contributed by atoms with Crippen molar-refractivity contribution < 1.29 is 4.79 Å². The fourth-order valence-electron chi connectivity index (χ4n) is 1.51. The van der Waals surface area contributed by atoms with Gasteiger partial charge in [-0.25, -0.2) is 0 Å². The molecule has 3 heterocycles. The van der Waals surface area contributed by atoms with E-state index < -0.39 is 0 Å². The maximum absolute atomic E-state index is 12.2. The van der Waals surface area contributed by atoms with E-state index in [0.717, 1.165) is 9.40 Å². The number of rotatable bonds is 2. The molecule has 3 aromatic rings. The predicted molar refractivity (Wildman–Crippen MR) is 77.5 cm³/mol. The van der Waals surface area contributed by atoms with E-state index in [1.54, 1.807) is 17.4 Å². The molecule has 0 bridgehead atoms. The van der Waals surface area contributed by atoms with E-state index in [1.807, 2.05) is 17.5 Å². The minimum Gasteiger partial charge on any atom is -0.288 e. The largest absolute Gasteiger partial charge is 0.288 e. The molecule has 0 aliphatic heterocycles. The van der Waals surface area contributed by atoms with Crippen molar-refractivity contribution in [3.63, 3.8) is 0 Å². The molecule has 0 amide bonds. The Bertz CT molecular complexity index is 679. The van der Waals surface area contributed by atoms with Crippen LogP contribution >= 0.6 is 57.2 Å². The van der Waals surface area contributed by atoms with E-state index in [9.17, 15) is 4.79 Å². The maximum Gasteiger partial charge on any atom is 0.205 e. The normalized spacial score (nSPS) is 11.2. The van der Waals surface area contributed by atoms with Gasteiger partial charge in [-0.15, -0.1) is 34.0 Å². The summed E-state index contributed by atoms with van der Waals surface area (Å²) in [6.45, 7) is 0. The van der Waals surface area contributed by atoms with Crippen LogP contribution in [0, 0.1) is 0 Å². The highest BCUT2D eigenvalue weighted by Crippen LogP contribution is 2.36. The van der Waals surface area contributed by atoms with Crippen LogP contribution in [0.2, 0.25) is 8.67 Å². The lowest BCUT2D eigenvalue weighted by Crippen LogP contribution is -1.96. The Kier molecular flexibility index (Phi) is 3.00. The first-order valence-electron chi connectivity index (χ1n) is 4.62. The van der Waals surface area contributed by atoms with E-state index >= 15 is 0 Å². The maximum atomic E-state index is 12.2. The summed E-state index contributed by atoms with van der Waals surface area (Å²) >= 11 is 16.2. The van der Waals surface area contributed by atoms with E-state index in [1.165, 1.54) is 22.7 Å². The molecule has 0 saturated carbocycles. The zero-order valence-electron chi connectivity index (χ0n) is 8.20. The van der Waals surface area contributed by atoms with E-state index in [0.29, 0.717) is 19.1 Å². The average molecular weight is 319 g/mol. The van der Waals surface area contributed by atoms with E-state index in [4.69, 9.17) is 23.2 Å². The van der Waals surface area contributed by atoms with Crippen molar-refractivity contribution in [1.29, 1.82) is 0 Å². The molecule has 0 spiro atoms. The van der Waals surface area contributed by atoms with E-state index in [2.05, 4.69) is 0 Å². The summed E-state index contributed by atoms with van der Waals surface area (Å²) in [7, 11) is 0. The molecule has 3 rings (SSSR count). The fourth-order valence-corrected chi connectivity index (χ4v) is 5.03. The minimum absolute atomic E-state index is 0.0495. The number of hydrogen-bond donors (Lipinski definition) is 0. The van der Waals surface area contributed by atoms with Crippen LogP contribution in [-0.2, 0) is 0 Å². The molecule has 86 valence electrons. The molecule has 0 N–H and O–H groups in total. The van der Waals surface area contributed by atoms with Gasteiger partial charge in [0.25, 0.3) is 0 Å². The Morgan fingerprint density at radius 3 is 2.59 bits per heavy atom. The second-order valence-electron chi connectivity index (χ2n) is 3.33. The molecule has 0 fully saturated rings. The van der Waals surface area contributed by atoms with Gasteiger partial charge in [0.05, 0.1) is 14.8 Å². The molecule has 6 heteroatoms. The van der Waals surface area contributed by atoms with Gasteiger partial charge in [0.15, 0.2) is 0 Å². The summed E-state index contributed by atoms with van der Waals surface area (Å²) in [5.41, 5.74) is 0.496. The Balaban J connectivity index is 2.07. The van der Waals surface area contributed by atoms with Gasteiger partial charge in [0.2, 0.25) is 5.78 Å². The molecule has 0 radical (unpaired) electrons. The lowest BCUT2D eigenvalue weighted by atomic mass is 10.2. The van der Waals surface area contributed by atoms with Crippen molar-refractivity contribution in [2.45, 2.75) is 0 Å². The highest BCUT2D eigenvalue weighted by Gasteiger charge is 2.18. The van der Waals surface area contributed by atoms with Crippen molar-refractivity contribution in [2.75, 3.05) is 0 Å². The number of halogens is 2. The van der Waals surface area contributed by atoms with Crippen LogP contribution in [0.4, 0.5) is 0 Å². The third-order valence-electron chi connectivity index (χ3n) is 2.26. The van der Waals surface area contributed by atoms with Crippen LogP contribution < -0.4 is 0 Å². The minimum atomic E-state index is -0.0495. The topological polar surface area (TPSA) is 17.1 Å². The van der Waals surface area contributed by atoms with Gasteiger partial charge in [0.1, 0.15) is 4.34 Å². The van der Waals surface area contributed by atoms with Gasteiger partial charge in [-0.3, -0.25) is 4.79 Å². The van der Waals surface area contributed by atoms with Crippen molar-refractivity contribution in [1.82, 2.24) is 0 Å². The third kappa shape index (κ3) is 2.04. The molecule has 0 atom stereocenters. The summed E-state index contributed by atoms with van der Waals surface area (Å²) in [6, 6.07) is 5.56. The lowest BCUT2D eigenvalue weighted by Gasteiger charge is -1.93. The number of ketones is 1. The Hall–Kier alpha value is -0.390. The molecular weight excluding hydrogens is 315 g/mol. The standard InChI is InChI=1S/C11H4Cl2OS3/c12-9-3-5(11(13)17-9)10(14)8-4-7-6(16-8)1-2-15-7/h1-4H. The second-order valence-corrected chi connectivity index (χ2v) is 7.64. The Morgan fingerprint density at radius 2 is 1.94 bits per heavy atom. The third-order valence-corrected chi connectivity index (χ3v) is 5.84. The quantitative estimate of drug-likeness (QED) is 0.565. The average Bonchev–Trinajstić information content (AvgIpc) is 2.90. The fraction of sp³-hybridized carbons (Fsp3) is 0. The molecule has 0 aromatic carbocycles. The van der Waals surface area contributed by atoms with Gasteiger partial charge in [-0.1, -0.05) is 23.2 Å².